The fourth-order valence-electron chi connectivity index (χ4n) is 2.03. The molecule has 0 spiro atoms. The number of nitrogens with zero attached hydrogens (tertiary/aromatic N) is 2. The molecule has 0 aliphatic rings. The van der Waals surface area contributed by atoms with Crippen molar-refractivity contribution in [2.45, 2.75) is 19.9 Å². The van der Waals surface area contributed by atoms with Crippen LogP contribution in [0.1, 0.15) is 24.2 Å². The third-order valence-electron chi connectivity index (χ3n) is 3.00. The van der Waals surface area contributed by atoms with Crippen LogP contribution in [0.4, 0.5) is 5.69 Å². The SMILES string of the molecule is CCOC(=O)C(Nc1cccc(C)c1)c1cncn1C. The van der Waals surface area contributed by atoms with Crippen molar-refractivity contribution in [1.82, 2.24) is 9.55 Å². The highest BCUT2D eigenvalue weighted by molar-refractivity contribution is 5.80. The van der Waals surface area contributed by atoms with Gasteiger partial charge in [-0.1, -0.05) is 12.1 Å². The number of aryl methyl sites for hydroxylation is 2. The second-order valence-corrected chi connectivity index (χ2v) is 4.63. The Morgan fingerprint density at radius 2 is 2.30 bits per heavy atom. The van der Waals surface area contributed by atoms with Crippen LogP contribution in [-0.2, 0) is 16.6 Å². The molecule has 0 radical (unpaired) electrons. The molecule has 0 saturated heterocycles. The van der Waals surface area contributed by atoms with Gasteiger partial charge in [-0.05, 0) is 31.5 Å². The Hall–Kier alpha value is -2.30. The summed E-state index contributed by atoms with van der Waals surface area (Å²) in [5.74, 6) is -0.308. The van der Waals surface area contributed by atoms with Crippen LogP contribution in [0.5, 0.6) is 0 Å². The number of carbonyl (C=O) groups excluding carboxylic acids is 1. The number of nitrogens with one attached hydrogen (secondary N) is 1. The van der Waals surface area contributed by atoms with E-state index in [0.29, 0.717) is 6.61 Å². The third kappa shape index (κ3) is 3.17. The van der Waals surface area contributed by atoms with Gasteiger partial charge < -0.3 is 14.6 Å². The summed E-state index contributed by atoms with van der Waals surface area (Å²) in [5.41, 5.74) is 2.77. The summed E-state index contributed by atoms with van der Waals surface area (Å²) < 4.78 is 6.95. The Labute approximate surface area is 118 Å². The second-order valence-electron chi connectivity index (χ2n) is 4.63. The minimum absolute atomic E-state index is 0.308. The van der Waals surface area contributed by atoms with Crippen LogP contribution in [-0.4, -0.2) is 22.1 Å². The first-order valence-corrected chi connectivity index (χ1v) is 6.58. The smallest absolute Gasteiger partial charge is 0.334 e. The van der Waals surface area contributed by atoms with E-state index in [1.165, 1.54) is 0 Å². The molecule has 0 fully saturated rings. The fraction of sp³-hybridized carbons (Fsp3) is 0.333. The maximum absolute atomic E-state index is 12.2. The summed E-state index contributed by atoms with van der Waals surface area (Å²) >= 11 is 0. The highest BCUT2D eigenvalue weighted by Crippen LogP contribution is 2.21. The Morgan fingerprint density at radius 3 is 2.90 bits per heavy atom. The summed E-state index contributed by atoms with van der Waals surface area (Å²) in [7, 11) is 1.85. The zero-order valence-electron chi connectivity index (χ0n) is 12.0. The van der Waals surface area contributed by atoms with Gasteiger partial charge in [-0.15, -0.1) is 0 Å². The van der Waals surface area contributed by atoms with Gasteiger partial charge in [0.15, 0.2) is 6.04 Å². The molecule has 0 amide bonds. The van der Waals surface area contributed by atoms with Crippen LogP contribution in [0.15, 0.2) is 36.8 Å². The monoisotopic (exact) mass is 273 g/mol. The van der Waals surface area contributed by atoms with Gasteiger partial charge in [0.1, 0.15) is 0 Å². The predicted octanol–water partition coefficient (Wildman–Crippen LogP) is 2.44. The largest absolute Gasteiger partial charge is 0.464 e. The summed E-state index contributed by atoms with van der Waals surface area (Å²) in [6, 6.07) is 7.31. The summed E-state index contributed by atoms with van der Waals surface area (Å²) in [6.07, 6.45) is 3.34. The van der Waals surface area contributed by atoms with Gasteiger partial charge in [-0.2, -0.15) is 0 Å². The van der Waals surface area contributed by atoms with Crippen LogP contribution in [0.25, 0.3) is 0 Å². The third-order valence-corrected chi connectivity index (χ3v) is 3.00. The van der Waals surface area contributed by atoms with Crippen molar-refractivity contribution in [2.75, 3.05) is 11.9 Å². The van der Waals surface area contributed by atoms with E-state index in [1.54, 1.807) is 19.4 Å². The number of ether oxygens (including phenoxy) is 1. The van der Waals surface area contributed by atoms with Gasteiger partial charge in [0, 0.05) is 12.7 Å². The summed E-state index contributed by atoms with van der Waals surface area (Å²) in [5, 5.41) is 3.21. The Balaban J connectivity index is 2.28. The van der Waals surface area contributed by atoms with Crippen molar-refractivity contribution in [2.24, 2.45) is 7.05 Å². The normalized spacial score (nSPS) is 11.9. The van der Waals surface area contributed by atoms with Gasteiger partial charge >= 0.3 is 5.97 Å². The molecule has 106 valence electrons. The molecule has 1 aromatic heterocycles. The zero-order valence-corrected chi connectivity index (χ0v) is 12.0. The zero-order chi connectivity index (χ0) is 14.5. The Morgan fingerprint density at radius 1 is 1.50 bits per heavy atom. The number of esters is 1. The second kappa shape index (κ2) is 6.23. The number of hydrogen-bond donors (Lipinski definition) is 1. The van der Waals surface area contributed by atoms with E-state index >= 15 is 0 Å². The van der Waals surface area contributed by atoms with Crippen LogP contribution < -0.4 is 5.32 Å². The number of carbonyl (C=O) groups is 1. The van der Waals surface area contributed by atoms with Gasteiger partial charge in [0.05, 0.1) is 24.8 Å². The van der Waals surface area contributed by atoms with Crippen molar-refractivity contribution in [3.05, 3.63) is 48.0 Å². The van der Waals surface area contributed by atoms with E-state index in [4.69, 9.17) is 4.74 Å². The number of rotatable bonds is 5. The van der Waals surface area contributed by atoms with Crippen molar-refractivity contribution < 1.29 is 9.53 Å². The summed E-state index contributed by atoms with van der Waals surface area (Å²) in [6.45, 7) is 4.15. The predicted molar refractivity (Wildman–Crippen MR) is 77.4 cm³/mol. The molecular weight excluding hydrogens is 254 g/mol. The van der Waals surface area contributed by atoms with Crippen molar-refractivity contribution in [3.63, 3.8) is 0 Å². The number of hydrogen-bond acceptors (Lipinski definition) is 4. The molecule has 1 N–H and O–H groups in total. The Bertz CT molecular complexity index is 592. The lowest BCUT2D eigenvalue weighted by molar-refractivity contribution is -0.144. The first-order chi connectivity index (χ1) is 9.61. The molecule has 1 aromatic carbocycles. The fourth-order valence-corrected chi connectivity index (χ4v) is 2.03. The lowest BCUT2D eigenvalue weighted by atomic mass is 10.1. The molecule has 0 aliphatic heterocycles. The average molecular weight is 273 g/mol. The molecule has 0 bridgehead atoms. The topological polar surface area (TPSA) is 56.1 Å². The molecule has 0 aliphatic carbocycles. The first kappa shape index (κ1) is 14.1. The van der Waals surface area contributed by atoms with Gasteiger partial charge in [0.2, 0.25) is 0 Å². The molecule has 20 heavy (non-hydrogen) atoms. The van der Waals surface area contributed by atoms with E-state index < -0.39 is 6.04 Å². The van der Waals surface area contributed by atoms with Gasteiger partial charge in [-0.3, -0.25) is 0 Å². The van der Waals surface area contributed by atoms with E-state index in [1.807, 2.05) is 42.8 Å². The minimum Gasteiger partial charge on any atom is -0.464 e. The maximum atomic E-state index is 12.2. The first-order valence-electron chi connectivity index (χ1n) is 6.58. The van der Waals surface area contributed by atoms with Crippen molar-refractivity contribution in [1.29, 1.82) is 0 Å². The molecule has 0 saturated carbocycles. The van der Waals surface area contributed by atoms with E-state index in [2.05, 4.69) is 10.3 Å². The number of imidazole rings is 1. The molecule has 2 rings (SSSR count). The van der Waals surface area contributed by atoms with Crippen LogP contribution in [0.2, 0.25) is 0 Å². The molecule has 1 unspecified atom stereocenters. The lowest BCUT2D eigenvalue weighted by Gasteiger charge is -2.19. The molecular formula is C15H19N3O2. The van der Waals surface area contributed by atoms with Gasteiger partial charge in [0.25, 0.3) is 0 Å². The number of anilines is 1. The van der Waals surface area contributed by atoms with Crippen molar-refractivity contribution >= 4 is 11.7 Å². The van der Waals surface area contributed by atoms with Gasteiger partial charge in [-0.25, -0.2) is 9.78 Å². The molecule has 5 heteroatoms. The molecule has 2 aromatic rings. The quantitative estimate of drug-likeness (QED) is 0.850. The molecule has 5 nitrogen and oxygen atoms in total. The maximum Gasteiger partial charge on any atom is 0.334 e. The molecule has 1 atom stereocenters. The minimum atomic E-state index is -0.566. The summed E-state index contributed by atoms with van der Waals surface area (Å²) in [4.78, 5) is 16.2. The average Bonchev–Trinajstić information content (AvgIpc) is 2.82. The number of benzene rings is 1. The van der Waals surface area contributed by atoms with E-state index in [9.17, 15) is 4.79 Å². The van der Waals surface area contributed by atoms with Crippen molar-refractivity contribution in [3.8, 4) is 0 Å². The standard InChI is InChI=1S/C15H19N3O2/c1-4-20-15(19)14(13-9-16-10-18(13)3)17-12-7-5-6-11(2)8-12/h5-10,14,17H,4H2,1-3H3. The number of aromatic nitrogens is 2. The Kier molecular flexibility index (Phi) is 4.40. The molecule has 1 heterocycles. The highest BCUT2D eigenvalue weighted by Gasteiger charge is 2.24. The van der Waals surface area contributed by atoms with Crippen LogP contribution in [0, 0.1) is 6.92 Å². The highest BCUT2D eigenvalue weighted by atomic mass is 16.5. The van der Waals surface area contributed by atoms with Crippen LogP contribution in [0.3, 0.4) is 0 Å². The van der Waals surface area contributed by atoms with E-state index in [0.717, 1.165) is 16.9 Å². The lowest BCUT2D eigenvalue weighted by Crippen LogP contribution is -2.25. The van der Waals surface area contributed by atoms with E-state index in [-0.39, 0.29) is 5.97 Å². The van der Waals surface area contributed by atoms with Crippen LogP contribution >= 0.6 is 0 Å².